The zero-order valence-electron chi connectivity index (χ0n) is 16.8. The highest BCUT2D eigenvalue weighted by atomic mass is 19.4. The Morgan fingerprint density at radius 3 is 2.61 bits per heavy atom. The van der Waals surface area contributed by atoms with Crippen LogP contribution in [0.1, 0.15) is 36.0 Å². The van der Waals surface area contributed by atoms with Crippen LogP contribution in [-0.4, -0.2) is 30.1 Å². The van der Waals surface area contributed by atoms with Crippen molar-refractivity contribution in [3.63, 3.8) is 0 Å². The molecule has 2 unspecified atom stereocenters. The Balaban J connectivity index is 1.84. The average Bonchev–Trinajstić information content (AvgIpc) is 3.48. The first kappa shape index (κ1) is 21.0. The summed E-state index contributed by atoms with van der Waals surface area (Å²) in [5.74, 6) is -2.11. The summed E-state index contributed by atoms with van der Waals surface area (Å²) in [7, 11) is 0. The minimum Gasteiger partial charge on any atom is -0.481 e. The largest absolute Gasteiger partial charge is 0.573 e. The van der Waals surface area contributed by atoms with Crippen LogP contribution in [0.2, 0.25) is 0 Å². The number of aryl methyl sites for hydroxylation is 1. The predicted octanol–water partition coefficient (Wildman–Crippen LogP) is 5.23. The molecule has 1 aliphatic carbocycles. The van der Waals surface area contributed by atoms with Gasteiger partial charge in [-0.05, 0) is 67.1 Å². The van der Waals surface area contributed by atoms with Gasteiger partial charge >= 0.3 is 18.4 Å². The fourth-order valence-corrected chi connectivity index (χ4v) is 4.07. The number of halogens is 3. The third-order valence-corrected chi connectivity index (χ3v) is 5.66. The molecule has 2 aliphatic rings. The molecule has 4 rings (SSSR count). The predicted molar refractivity (Wildman–Crippen MR) is 105 cm³/mol. The number of benzene rings is 2. The Morgan fingerprint density at radius 2 is 2.00 bits per heavy atom. The first-order chi connectivity index (χ1) is 14.6. The van der Waals surface area contributed by atoms with Crippen molar-refractivity contribution in [2.75, 3.05) is 11.4 Å². The molecule has 0 spiro atoms. The van der Waals surface area contributed by atoms with Gasteiger partial charge in [-0.1, -0.05) is 6.07 Å². The minimum atomic E-state index is -4.89. The molecule has 6 nitrogen and oxygen atoms in total. The Morgan fingerprint density at radius 1 is 1.26 bits per heavy atom. The molecule has 2 aromatic carbocycles. The van der Waals surface area contributed by atoms with Crippen LogP contribution in [0.15, 0.2) is 30.3 Å². The number of anilines is 1. The van der Waals surface area contributed by atoms with Gasteiger partial charge in [-0.3, -0.25) is 9.69 Å². The van der Waals surface area contributed by atoms with Crippen molar-refractivity contribution < 1.29 is 37.3 Å². The van der Waals surface area contributed by atoms with Crippen LogP contribution in [-0.2, 0) is 16.1 Å². The van der Waals surface area contributed by atoms with E-state index in [-0.39, 0.29) is 23.8 Å². The van der Waals surface area contributed by atoms with Crippen LogP contribution in [0, 0.1) is 12.8 Å². The maximum Gasteiger partial charge on any atom is 0.573 e. The summed E-state index contributed by atoms with van der Waals surface area (Å²) >= 11 is 0. The maximum atomic E-state index is 13.0. The number of alkyl halides is 3. The number of carbonyl (C=O) groups excluding carboxylic acids is 1. The number of carboxylic acids is 1. The lowest BCUT2D eigenvalue weighted by Crippen LogP contribution is -2.35. The molecule has 1 aliphatic heterocycles. The Kier molecular flexibility index (Phi) is 5.07. The average molecular weight is 435 g/mol. The van der Waals surface area contributed by atoms with E-state index >= 15 is 0 Å². The van der Waals surface area contributed by atoms with Crippen LogP contribution in [0.25, 0.3) is 11.1 Å². The summed E-state index contributed by atoms with van der Waals surface area (Å²) in [5.41, 5.74) is 3.31. The second kappa shape index (κ2) is 7.47. The smallest absolute Gasteiger partial charge is 0.481 e. The molecule has 1 amide bonds. The van der Waals surface area contributed by atoms with Crippen molar-refractivity contribution in [1.82, 2.24) is 0 Å². The highest BCUT2D eigenvalue weighted by Crippen LogP contribution is 2.50. The van der Waals surface area contributed by atoms with E-state index in [1.54, 1.807) is 32.0 Å². The number of carbonyl (C=O) groups is 2. The summed E-state index contributed by atoms with van der Waals surface area (Å²) < 4.78 is 48.6. The summed E-state index contributed by atoms with van der Waals surface area (Å²) in [5, 5.41) is 9.21. The number of hydrogen-bond acceptors (Lipinski definition) is 4. The molecule has 2 atom stereocenters. The molecule has 1 fully saturated rings. The van der Waals surface area contributed by atoms with E-state index in [2.05, 4.69) is 4.74 Å². The summed E-state index contributed by atoms with van der Waals surface area (Å²) in [6, 6.07) is 7.70. The van der Waals surface area contributed by atoms with Gasteiger partial charge in [0, 0.05) is 17.7 Å². The standard InChI is InChI=1S/C22H20F3NO5/c1-3-26-18-9-14(11(2)6-13(18)10-30-21(26)29)16-7-12(15-8-17(15)20(27)28)4-5-19(16)31-22(23,24)25/h4-7,9,15,17H,3,8,10H2,1-2H3,(H,27,28). The van der Waals surface area contributed by atoms with Gasteiger partial charge in [0.2, 0.25) is 0 Å². The van der Waals surface area contributed by atoms with Crippen LogP contribution >= 0.6 is 0 Å². The second-order valence-corrected chi connectivity index (χ2v) is 7.69. The number of hydrogen-bond donors (Lipinski definition) is 1. The molecule has 2 aromatic rings. The molecule has 31 heavy (non-hydrogen) atoms. The van der Waals surface area contributed by atoms with Crippen molar-refractivity contribution in [2.24, 2.45) is 5.92 Å². The van der Waals surface area contributed by atoms with Crippen LogP contribution in [0.5, 0.6) is 5.75 Å². The molecule has 0 saturated heterocycles. The molecular weight excluding hydrogens is 415 g/mol. The van der Waals surface area contributed by atoms with Crippen LogP contribution in [0.3, 0.4) is 0 Å². The Bertz CT molecular complexity index is 1070. The van der Waals surface area contributed by atoms with Gasteiger partial charge in [0.25, 0.3) is 0 Å². The second-order valence-electron chi connectivity index (χ2n) is 7.69. The third-order valence-electron chi connectivity index (χ3n) is 5.66. The molecule has 0 bridgehead atoms. The van der Waals surface area contributed by atoms with Crippen LogP contribution < -0.4 is 9.64 Å². The van der Waals surface area contributed by atoms with Gasteiger partial charge in [0.05, 0.1) is 11.6 Å². The van der Waals surface area contributed by atoms with Gasteiger partial charge in [0.1, 0.15) is 12.4 Å². The van der Waals surface area contributed by atoms with E-state index in [0.717, 1.165) is 5.56 Å². The van der Waals surface area contributed by atoms with E-state index in [1.807, 2.05) is 0 Å². The number of fused-ring (bicyclic) bond motifs is 1. The lowest BCUT2D eigenvalue weighted by Gasteiger charge is -2.29. The van der Waals surface area contributed by atoms with Gasteiger partial charge in [-0.2, -0.15) is 0 Å². The van der Waals surface area contributed by atoms with Gasteiger partial charge in [-0.25, -0.2) is 4.79 Å². The zero-order chi connectivity index (χ0) is 22.5. The normalized spacial score (nSPS) is 20.2. The molecule has 1 heterocycles. The first-order valence-electron chi connectivity index (χ1n) is 9.79. The number of amides is 1. The van der Waals surface area contributed by atoms with E-state index in [9.17, 15) is 27.9 Å². The van der Waals surface area contributed by atoms with Crippen molar-refractivity contribution in [3.8, 4) is 16.9 Å². The summed E-state index contributed by atoms with van der Waals surface area (Å²) in [6.45, 7) is 3.94. The van der Waals surface area contributed by atoms with Crippen molar-refractivity contribution in [1.29, 1.82) is 0 Å². The molecule has 9 heteroatoms. The van der Waals surface area contributed by atoms with Crippen molar-refractivity contribution >= 4 is 17.7 Å². The molecule has 0 radical (unpaired) electrons. The van der Waals surface area contributed by atoms with Crippen LogP contribution in [0.4, 0.5) is 23.7 Å². The van der Waals surface area contributed by atoms with E-state index in [1.165, 1.54) is 17.0 Å². The number of cyclic esters (lactones) is 1. The number of aliphatic carboxylic acids is 1. The first-order valence-corrected chi connectivity index (χ1v) is 9.79. The molecule has 1 N–H and O–H groups in total. The van der Waals surface area contributed by atoms with Crippen molar-refractivity contribution in [2.45, 2.75) is 39.2 Å². The number of rotatable bonds is 5. The topological polar surface area (TPSA) is 76.1 Å². The number of carboxylic acid groups (broad SMARTS) is 1. The SMILES string of the molecule is CCN1C(=O)OCc2cc(C)c(-c3cc(C4CC4C(=O)O)ccc3OC(F)(F)F)cc21. The molecular formula is C22H20F3NO5. The van der Waals surface area contributed by atoms with Gasteiger partial charge < -0.3 is 14.6 Å². The lowest BCUT2D eigenvalue weighted by molar-refractivity contribution is -0.274. The fourth-order valence-electron chi connectivity index (χ4n) is 4.07. The van der Waals surface area contributed by atoms with E-state index in [4.69, 9.17) is 4.74 Å². The quantitative estimate of drug-likeness (QED) is 0.697. The highest BCUT2D eigenvalue weighted by Gasteiger charge is 2.44. The fraction of sp³-hybridized carbons (Fsp3) is 0.364. The monoisotopic (exact) mass is 435 g/mol. The van der Waals surface area contributed by atoms with E-state index in [0.29, 0.717) is 35.3 Å². The van der Waals surface area contributed by atoms with Gasteiger partial charge in [-0.15, -0.1) is 13.2 Å². The highest BCUT2D eigenvalue weighted by molar-refractivity contribution is 5.92. The molecule has 164 valence electrons. The number of nitrogens with zero attached hydrogens (tertiary/aromatic N) is 1. The Labute approximate surface area is 176 Å². The summed E-state index contributed by atoms with van der Waals surface area (Å²) in [6.07, 6.45) is -4.97. The van der Waals surface area contributed by atoms with Crippen molar-refractivity contribution in [3.05, 3.63) is 47.0 Å². The zero-order valence-corrected chi connectivity index (χ0v) is 16.8. The minimum absolute atomic E-state index is 0.0834. The summed E-state index contributed by atoms with van der Waals surface area (Å²) in [4.78, 5) is 24.8. The third kappa shape index (κ3) is 4.04. The lowest BCUT2D eigenvalue weighted by atomic mass is 9.93. The van der Waals surface area contributed by atoms with E-state index < -0.39 is 24.3 Å². The molecule has 0 aromatic heterocycles. The number of ether oxygens (including phenoxy) is 2. The van der Waals surface area contributed by atoms with Gasteiger partial charge in [0.15, 0.2) is 0 Å². The molecule has 1 saturated carbocycles. The Hall–Kier alpha value is -3.23. The maximum absolute atomic E-state index is 13.0.